The number of nitrogens with zero attached hydrogens (tertiary/aromatic N) is 3. The fraction of sp³-hybridized carbons (Fsp3) is 0.545. The average Bonchev–Trinajstić information content (AvgIpc) is 3.01. The van der Waals surface area contributed by atoms with E-state index in [-0.39, 0.29) is 11.7 Å². The van der Waals surface area contributed by atoms with E-state index in [0.29, 0.717) is 42.1 Å². The van der Waals surface area contributed by atoms with Gasteiger partial charge in [-0.2, -0.15) is 5.10 Å². The summed E-state index contributed by atoms with van der Waals surface area (Å²) in [6, 6.07) is 5.01. The van der Waals surface area contributed by atoms with Crippen molar-refractivity contribution < 1.29 is 9.18 Å². The Labute approximate surface area is 176 Å². The SMILES string of the molecule is Cc1nn(Cc2ccc(Cl)cc2F)c2c1CCN(C(=O)C[C@H]1CC[C@H](N)CC1)C2. The molecular weight excluding hydrogens is 391 g/mol. The lowest BCUT2D eigenvalue weighted by atomic mass is 9.84. The van der Waals surface area contributed by atoms with Gasteiger partial charge >= 0.3 is 0 Å². The second kappa shape index (κ2) is 8.44. The number of aromatic nitrogens is 2. The lowest BCUT2D eigenvalue weighted by Gasteiger charge is -2.31. The third-order valence-electron chi connectivity index (χ3n) is 6.38. The van der Waals surface area contributed by atoms with Gasteiger partial charge in [0.25, 0.3) is 0 Å². The van der Waals surface area contributed by atoms with Crippen LogP contribution in [0.3, 0.4) is 0 Å². The van der Waals surface area contributed by atoms with Crippen LogP contribution in [-0.2, 0) is 24.3 Å². The van der Waals surface area contributed by atoms with E-state index in [4.69, 9.17) is 17.3 Å². The van der Waals surface area contributed by atoms with E-state index in [1.165, 1.54) is 11.6 Å². The number of hydrogen-bond donors (Lipinski definition) is 1. The van der Waals surface area contributed by atoms with Crippen molar-refractivity contribution in [3.63, 3.8) is 0 Å². The smallest absolute Gasteiger partial charge is 0.223 e. The van der Waals surface area contributed by atoms with Crippen molar-refractivity contribution in [2.75, 3.05) is 6.54 Å². The second-order valence-corrected chi connectivity index (χ2v) is 8.89. The summed E-state index contributed by atoms with van der Waals surface area (Å²) in [7, 11) is 0. The van der Waals surface area contributed by atoms with Gasteiger partial charge in [-0.05, 0) is 62.6 Å². The number of aryl methyl sites for hydroxylation is 1. The molecule has 1 aliphatic heterocycles. The molecule has 2 aromatic rings. The summed E-state index contributed by atoms with van der Waals surface area (Å²) in [6.45, 7) is 3.58. The molecule has 2 N–H and O–H groups in total. The van der Waals surface area contributed by atoms with Crippen LogP contribution in [0.25, 0.3) is 0 Å². The first-order valence-electron chi connectivity index (χ1n) is 10.4. The Hall–Kier alpha value is -1.92. The lowest BCUT2D eigenvalue weighted by molar-refractivity contribution is -0.133. The number of hydrogen-bond acceptors (Lipinski definition) is 3. The van der Waals surface area contributed by atoms with Gasteiger partial charge in [0.2, 0.25) is 5.91 Å². The zero-order chi connectivity index (χ0) is 20.5. The normalized spacial score (nSPS) is 21.9. The van der Waals surface area contributed by atoms with Gasteiger partial charge in [-0.25, -0.2) is 4.39 Å². The van der Waals surface area contributed by atoms with Gasteiger partial charge in [0.15, 0.2) is 0 Å². The molecule has 0 atom stereocenters. The van der Waals surface area contributed by atoms with Crippen molar-refractivity contribution in [3.8, 4) is 0 Å². The molecule has 5 nitrogen and oxygen atoms in total. The molecule has 1 aromatic heterocycles. The number of carbonyl (C=O) groups is 1. The molecule has 29 heavy (non-hydrogen) atoms. The van der Waals surface area contributed by atoms with Crippen LogP contribution >= 0.6 is 11.6 Å². The Morgan fingerprint density at radius 3 is 2.79 bits per heavy atom. The molecule has 4 rings (SSSR count). The van der Waals surface area contributed by atoms with Gasteiger partial charge in [0.1, 0.15) is 5.82 Å². The molecule has 156 valence electrons. The summed E-state index contributed by atoms with van der Waals surface area (Å²) in [4.78, 5) is 14.9. The number of amides is 1. The number of benzene rings is 1. The Bertz CT molecular complexity index is 904. The fourth-order valence-corrected chi connectivity index (χ4v) is 4.76. The quantitative estimate of drug-likeness (QED) is 0.820. The highest BCUT2D eigenvalue weighted by atomic mass is 35.5. The Morgan fingerprint density at radius 2 is 2.07 bits per heavy atom. The van der Waals surface area contributed by atoms with Crippen LogP contribution in [0.4, 0.5) is 4.39 Å². The minimum absolute atomic E-state index is 0.208. The third-order valence-corrected chi connectivity index (χ3v) is 6.62. The lowest BCUT2D eigenvalue weighted by Crippen LogP contribution is -2.38. The first-order valence-corrected chi connectivity index (χ1v) is 10.8. The molecule has 2 aliphatic rings. The van der Waals surface area contributed by atoms with Crippen LogP contribution in [-0.4, -0.2) is 33.2 Å². The molecular formula is C22H28ClFN4O. The summed E-state index contributed by atoms with van der Waals surface area (Å²) >= 11 is 5.87. The van der Waals surface area contributed by atoms with Crippen LogP contribution in [0.2, 0.25) is 5.02 Å². The largest absolute Gasteiger partial charge is 0.336 e. The van der Waals surface area contributed by atoms with Crippen molar-refractivity contribution in [1.82, 2.24) is 14.7 Å². The van der Waals surface area contributed by atoms with Crippen LogP contribution in [0, 0.1) is 18.7 Å². The van der Waals surface area contributed by atoms with E-state index in [1.807, 2.05) is 16.5 Å². The van der Waals surface area contributed by atoms with Crippen LogP contribution in [0.5, 0.6) is 0 Å². The molecule has 1 aliphatic carbocycles. The minimum Gasteiger partial charge on any atom is -0.336 e. The van der Waals surface area contributed by atoms with Gasteiger partial charge in [0, 0.05) is 29.6 Å². The molecule has 1 aromatic carbocycles. The Kier molecular flexibility index (Phi) is 5.93. The first-order chi connectivity index (χ1) is 13.9. The van der Waals surface area contributed by atoms with E-state index in [0.717, 1.165) is 50.0 Å². The molecule has 0 saturated heterocycles. The third kappa shape index (κ3) is 4.48. The highest BCUT2D eigenvalue weighted by Gasteiger charge is 2.29. The zero-order valence-corrected chi connectivity index (χ0v) is 17.6. The topological polar surface area (TPSA) is 64.2 Å². The molecule has 0 bridgehead atoms. The van der Waals surface area contributed by atoms with Crippen LogP contribution in [0.15, 0.2) is 18.2 Å². The van der Waals surface area contributed by atoms with Gasteiger partial charge in [-0.15, -0.1) is 0 Å². The molecule has 0 spiro atoms. The van der Waals surface area contributed by atoms with Crippen molar-refractivity contribution in [2.24, 2.45) is 11.7 Å². The minimum atomic E-state index is -0.335. The molecule has 1 saturated carbocycles. The van der Waals surface area contributed by atoms with Crippen molar-refractivity contribution in [2.45, 2.75) is 64.6 Å². The average molecular weight is 419 g/mol. The van der Waals surface area contributed by atoms with E-state index in [2.05, 4.69) is 5.10 Å². The second-order valence-electron chi connectivity index (χ2n) is 8.45. The monoisotopic (exact) mass is 418 g/mol. The van der Waals surface area contributed by atoms with Crippen molar-refractivity contribution in [1.29, 1.82) is 0 Å². The maximum atomic E-state index is 14.3. The molecule has 0 radical (unpaired) electrons. The molecule has 0 unspecified atom stereocenters. The maximum absolute atomic E-state index is 14.3. The summed E-state index contributed by atoms with van der Waals surface area (Å²) in [5.41, 5.74) is 9.69. The molecule has 1 amide bonds. The van der Waals surface area contributed by atoms with E-state index < -0.39 is 0 Å². The van der Waals surface area contributed by atoms with E-state index in [1.54, 1.807) is 12.1 Å². The summed E-state index contributed by atoms with van der Waals surface area (Å²) in [5.74, 6) is 0.316. The van der Waals surface area contributed by atoms with Gasteiger partial charge < -0.3 is 10.6 Å². The summed E-state index contributed by atoms with van der Waals surface area (Å²) < 4.78 is 16.1. The van der Waals surface area contributed by atoms with Crippen LogP contribution < -0.4 is 5.73 Å². The maximum Gasteiger partial charge on any atom is 0.223 e. The van der Waals surface area contributed by atoms with Crippen molar-refractivity contribution >= 4 is 17.5 Å². The van der Waals surface area contributed by atoms with Crippen LogP contribution in [0.1, 0.15) is 54.6 Å². The van der Waals surface area contributed by atoms with E-state index >= 15 is 0 Å². The Morgan fingerprint density at radius 1 is 1.31 bits per heavy atom. The van der Waals surface area contributed by atoms with E-state index in [9.17, 15) is 9.18 Å². The first kappa shape index (κ1) is 20.4. The Balaban J connectivity index is 1.47. The molecule has 7 heteroatoms. The standard InChI is InChI=1S/C22H28ClFN4O/c1-14-19-8-9-27(22(29)10-15-2-6-18(25)7-3-15)13-21(19)28(26-14)12-16-4-5-17(23)11-20(16)24/h4-5,11,15,18H,2-3,6-10,12-13,25H2,1H3/t15-,18-. The number of fused-ring (bicyclic) bond motifs is 1. The fourth-order valence-electron chi connectivity index (χ4n) is 4.60. The molecule has 1 fully saturated rings. The molecule has 2 heterocycles. The van der Waals surface area contributed by atoms with Crippen molar-refractivity contribution in [3.05, 3.63) is 51.6 Å². The summed E-state index contributed by atoms with van der Waals surface area (Å²) in [5, 5.41) is 5.01. The van der Waals surface area contributed by atoms with Gasteiger partial charge in [-0.1, -0.05) is 17.7 Å². The zero-order valence-electron chi connectivity index (χ0n) is 16.8. The number of nitrogens with two attached hydrogens (primary N) is 1. The predicted molar refractivity (Wildman–Crippen MR) is 111 cm³/mol. The highest BCUT2D eigenvalue weighted by molar-refractivity contribution is 6.30. The number of halogens is 2. The predicted octanol–water partition coefficient (Wildman–Crippen LogP) is 3.82. The van der Waals surface area contributed by atoms with Gasteiger partial charge in [-0.3, -0.25) is 9.48 Å². The number of rotatable bonds is 4. The number of carbonyl (C=O) groups excluding carboxylic acids is 1. The highest BCUT2D eigenvalue weighted by Crippen LogP contribution is 2.29. The summed E-state index contributed by atoms with van der Waals surface area (Å²) in [6.07, 6.45) is 5.51. The van der Waals surface area contributed by atoms with Gasteiger partial charge in [0.05, 0.1) is 24.5 Å².